The molecule has 0 bridgehead atoms. The first-order valence-corrected chi connectivity index (χ1v) is 7.89. The van der Waals surface area contributed by atoms with Crippen LogP contribution in [-0.2, 0) is 7.05 Å². The third kappa shape index (κ3) is 3.55. The Balaban J connectivity index is 2.15. The minimum atomic E-state index is -0.854. The standard InChI is InChI=1S/C16H25N3O3/c1-11-12(2)18-19(3)15(21)13(11)14(20)17-10-16(22)8-6-4-5-7-9-16/h22H,4-10H2,1-3H3,(H,17,20). The van der Waals surface area contributed by atoms with Crippen molar-refractivity contribution in [1.82, 2.24) is 15.1 Å². The first kappa shape index (κ1) is 16.7. The van der Waals surface area contributed by atoms with Crippen molar-refractivity contribution in [2.75, 3.05) is 6.54 Å². The average molecular weight is 307 g/mol. The van der Waals surface area contributed by atoms with E-state index in [1.165, 1.54) is 11.7 Å². The molecule has 22 heavy (non-hydrogen) atoms. The molecule has 0 atom stereocenters. The van der Waals surface area contributed by atoms with Gasteiger partial charge in [-0.05, 0) is 32.3 Å². The summed E-state index contributed by atoms with van der Waals surface area (Å²) in [5.41, 5.74) is 0.0995. The molecule has 6 nitrogen and oxygen atoms in total. The zero-order valence-corrected chi connectivity index (χ0v) is 13.6. The zero-order valence-electron chi connectivity index (χ0n) is 13.6. The van der Waals surface area contributed by atoms with Crippen molar-refractivity contribution >= 4 is 5.91 Å². The molecule has 1 aromatic rings. The first-order valence-electron chi connectivity index (χ1n) is 7.89. The fraction of sp³-hybridized carbons (Fsp3) is 0.688. The smallest absolute Gasteiger partial charge is 0.279 e. The van der Waals surface area contributed by atoms with Crippen LogP contribution >= 0.6 is 0 Å². The van der Waals surface area contributed by atoms with E-state index in [4.69, 9.17) is 0 Å². The number of rotatable bonds is 3. The SMILES string of the molecule is Cc1nn(C)c(=O)c(C(=O)NCC2(O)CCCCCC2)c1C. The topological polar surface area (TPSA) is 84.2 Å². The molecular weight excluding hydrogens is 282 g/mol. The molecule has 1 aromatic heterocycles. The lowest BCUT2D eigenvalue weighted by molar-refractivity contribution is 0.0246. The van der Waals surface area contributed by atoms with Gasteiger partial charge >= 0.3 is 0 Å². The minimum Gasteiger partial charge on any atom is -0.388 e. The number of aliphatic hydroxyl groups is 1. The fourth-order valence-electron chi connectivity index (χ4n) is 3.01. The van der Waals surface area contributed by atoms with Gasteiger partial charge in [-0.3, -0.25) is 9.59 Å². The van der Waals surface area contributed by atoms with Crippen LogP contribution in [0.15, 0.2) is 4.79 Å². The molecule has 0 radical (unpaired) electrons. The molecule has 1 heterocycles. The van der Waals surface area contributed by atoms with E-state index in [-0.39, 0.29) is 12.1 Å². The highest BCUT2D eigenvalue weighted by Crippen LogP contribution is 2.26. The van der Waals surface area contributed by atoms with Crippen LogP contribution < -0.4 is 10.9 Å². The number of nitrogens with one attached hydrogen (secondary N) is 1. The predicted octanol–water partition coefficient (Wildman–Crippen LogP) is 1.21. The van der Waals surface area contributed by atoms with Crippen LogP contribution in [0.3, 0.4) is 0 Å². The number of carbonyl (C=O) groups excluding carboxylic acids is 1. The number of amides is 1. The maximum absolute atomic E-state index is 12.4. The molecule has 1 saturated carbocycles. The van der Waals surface area contributed by atoms with Gasteiger partial charge in [0.1, 0.15) is 5.56 Å². The van der Waals surface area contributed by atoms with Crippen molar-refractivity contribution in [2.45, 2.75) is 58.0 Å². The maximum Gasteiger partial charge on any atom is 0.279 e. The van der Waals surface area contributed by atoms with E-state index in [1.54, 1.807) is 13.8 Å². The summed E-state index contributed by atoms with van der Waals surface area (Å²) in [5.74, 6) is -0.429. The highest BCUT2D eigenvalue weighted by atomic mass is 16.3. The number of hydrogen-bond donors (Lipinski definition) is 2. The van der Waals surface area contributed by atoms with E-state index in [1.807, 2.05) is 0 Å². The van der Waals surface area contributed by atoms with Gasteiger partial charge in [-0.2, -0.15) is 5.10 Å². The van der Waals surface area contributed by atoms with Crippen LogP contribution in [0.2, 0.25) is 0 Å². The summed E-state index contributed by atoms with van der Waals surface area (Å²) in [7, 11) is 1.53. The van der Waals surface area contributed by atoms with Crippen LogP contribution in [0.4, 0.5) is 0 Å². The third-order valence-electron chi connectivity index (χ3n) is 4.56. The van der Waals surface area contributed by atoms with Crippen LogP contribution in [-0.4, -0.2) is 32.9 Å². The molecule has 0 saturated heterocycles. The monoisotopic (exact) mass is 307 g/mol. The largest absolute Gasteiger partial charge is 0.388 e. The first-order chi connectivity index (χ1) is 10.3. The summed E-state index contributed by atoms with van der Waals surface area (Å²) >= 11 is 0. The van der Waals surface area contributed by atoms with E-state index >= 15 is 0 Å². The van der Waals surface area contributed by atoms with Crippen molar-refractivity contribution in [3.8, 4) is 0 Å². The van der Waals surface area contributed by atoms with Gasteiger partial charge < -0.3 is 10.4 Å². The average Bonchev–Trinajstić information content (AvgIpc) is 2.69. The Labute approximate surface area is 130 Å². The third-order valence-corrected chi connectivity index (χ3v) is 4.56. The number of hydrogen-bond acceptors (Lipinski definition) is 4. The van der Waals surface area contributed by atoms with Gasteiger partial charge in [-0.15, -0.1) is 0 Å². The molecule has 0 unspecified atom stereocenters. The predicted molar refractivity (Wildman–Crippen MR) is 83.9 cm³/mol. The van der Waals surface area contributed by atoms with Crippen molar-refractivity contribution in [3.63, 3.8) is 0 Å². The Morgan fingerprint density at radius 2 is 1.86 bits per heavy atom. The van der Waals surface area contributed by atoms with Crippen molar-refractivity contribution in [1.29, 1.82) is 0 Å². The summed E-state index contributed by atoms with van der Waals surface area (Å²) in [4.78, 5) is 24.5. The summed E-state index contributed by atoms with van der Waals surface area (Å²) in [6, 6.07) is 0. The van der Waals surface area contributed by atoms with E-state index < -0.39 is 17.1 Å². The molecule has 0 spiro atoms. The zero-order chi connectivity index (χ0) is 16.3. The van der Waals surface area contributed by atoms with E-state index in [9.17, 15) is 14.7 Å². The Kier molecular flexibility index (Phi) is 5.01. The van der Waals surface area contributed by atoms with E-state index in [0.29, 0.717) is 24.1 Å². The van der Waals surface area contributed by atoms with Crippen molar-refractivity contribution in [3.05, 3.63) is 27.2 Å². The highest BCUT2D eigenvalue weighted by Gasteiger charge is 2.29. The molecular formula is C16H25N3O3. The summed E-state index contributed by atoms with van der Waals surface area (Å²) in [5, 5.41) is 17.4. The molecule has 0 aromatic carbocycles. The van der Waals surface area contributed by atoms with Crippen LogP contribution in [0.1, 0.15) is 60.1 Å². The summed E-state index contributed by atoms with van der Waals surface area (Å²) in [6.07, 6.45) is 5.58. The van der Waals surface area contributed by atoms with Crippen LogP contribution in [0, 0.1) is 13.8 Å². The lowest BCUT2D eigenvalue weighted by Crippen LogP contribution is -2.44. The van der Waals surface area contributed by atoms with Crippen molar-refractivity contribution in [2.24, 2.45) is 7.05 Å². The van der Waals surface area contributed by atoms with E-state index in [0.717, 1.165) is 25.7 Å². The fourth-order valence-corrected chi connectivity index (χ4v) is 3.01. The molecule has 1 fully saturated rings. The van der Waals surface area contributed by atoms with Crippen molar-refractivity contribution < 1.29 is 9.90 Å². The molecule has 1 aliphatic carbocycles. The quantitative estimate of drug-likeness (QED) is 0.822. The Morgan fingerprint density at radius 1 is 1.27 bits per heavy atom. The van der Waals surface area contributed by atoms with Gasteiger partial charge in [-0.1, -0.05) is 25.7 Å². The lowest BCUT2D eigenvalue weighted by Gasteiger charge is -2.26. The Bertz CT molecular complexity index is 614. The van der Waals surface area contributed by atoms with Crippen LogP contribution in [0.5, 0.6) is 0 Å². The second-order valence-electron chi connectivity index (χ2n) is 6.34. The molecule has 1 aliphatic rings. The molecule has 2 N–H and O–H groups in total. The molecule has 122 valence electrons. The van der Waals surface area contributed by atoms with Crippen LogP contribution in [0.25, 0.3) is 0 Å². The normalized spacial score (nSPS) is 17.8. The van der Waals surface area contributed by atoms with Gasteiger partial charge in [0.15, 0.2) is 0 Å². The maximum atomic E-state index is 12.4. The number of aryl methyl sites for hydroxylation is 2. The van der Waals surface area contributed by atoms with Gasteiger partial charge in [0, 0.05) is 13.6 Å². The molecule has 0 aliphatic heterocycles. The lowest BCUT2D eigenvalue weighted by atomic mass is 9.94. The van der Waals surface area contributed by atoms with Gasteiger partial charge in [0.2, 0.25) is 0 Å². The second-order valence-corrected chi connectivity index (χ2v) is 6.34. The molecule has 6 heteroatoms. The summed E-state index contributed by atoms with van der Waals surface area (Å²) in [6.45, 7) is 3.68. The highest BCUT2D eigenvalue weighted by molar-refractivity contribution is 5.95. The molecule has 1 amide bonds. The second kappa shape index (κ2) is 6.60. The summed E-state index contributed by atoms with van der Waals surface area (Å²) < 4.78 is 1.18. The number of nitrogens with zero attached hydrogens (tertiary/aromatic N) is 2. The Hall–Kier alpha value is -1.69. The number of aromatic nitrogens is 2. The molecule has 2 rings (SSSR count). The number of carbonyl (C=O) groups is 1. The van der Waals surface area contributed by atoms with E-state index in [2.05, 4.69) is 10.4 Å². The van der Waals surface area contributed by atoms with Gasteiger partial charge in [0.25, 0.3) is 11.5 Å². The Morgan fingerprint density at radius 3 is 2.45 bits per heavy atom. The van der Waals surface area contributed by atoms with Gasteiger partial charge in [0.05, 0.1) is 11.3 Å². The van der Waals surface area contributed by atoms with Gasteiger partial charge in [-0.25, -0.2) is 4.68 Å². The minimum absolute atomic E-state index is 0.118.